The van der Waals surface area contributed by atoms with Gasteiger partial charge in [-0.1, -0.05) is 54.6 Å². The highest BCUT2D eigenvalue weighted by molar-refractivity contribution is 6.38. The van der Waals surface area contributed by atoms with Gasteiger partial charge in [0.2, 0.25) is 0 Å². The highest BCUT2D eigenvalue weighted by Crippen LogP contribution is 2.28. The van der Waals surface area contributed by atoms with Crippen LogP contribution in [0.5, 0.6) is 0 Å². The monoisotopic (exact) mass is 415 g/mol. The van der Waals surface area contributed by atoms with Gasteiger partial charge in [0.1, 0.15) is 11.6 Å². The highest BCUT2D eigenvalue weighted by atomic mass is 19.1. The zero-order chi connectivity index (χ0) is 22.0. The number of aliphatic hydroxyl groups is 1. The zero-order valence-electron chi connectivity index (χ0n) is 16.3. The van der Waals surface area contributed by atoms with Crippen molar-refractivity contribution in [3.63, 3.8) is 0 Å². The molecule has 0 amide bonds. The van der Waals surface area contributed by atoms with Crippen molar-refractivity contribution >= 4 is 28.4 Å². The minimum absolute atomic E-state index is 0.185. The summed E-state index contributed by atoms with van der Waals surface area (Å²) in [5, 5.41) is 19.5. The molecule has 4 aromatic rings. The second kappa shape index (κ2) is 8.28. The Morgan fingerprint density at radius 3 is 2.26 bits per heavy atom. The van der Waals surface area contributed by atoms with Crippen LogP contribution < -0.4 is 0 Å². The molecule has 0 aliphatic heterocycles. The number of rotatable bonds is 6. The summed E-state index contributed by atoms with van der Waals surface area (Å²) in [6.07, 6.45) is 2.21. The molecule has 0 bridgehead atoms. The molecule has 154 valence electrons. The first-order valence-corrected chi connectivity index (χ1v) is 9.53. The molecule has 2 N–H and O–H groups in total. The van der Waals surface area contributed by atoms with Crippen LogP contribution in [0.1, 0.15) is 11.1 Å². The minimum atomic E-state index is -1.68. The summed E-state index contributed by atoms with van der Waals surface area (Å²) in [7, 11) is 0. The van der Waals surface area contributed by atoms with Crippen LogP contribution in [0, 0.1) is 5.82 Å². The topological polar surface area (TPSA) is 79.5 Å². The predicted molar refractivity (Wildman–Crippen MR) is 116 cm³/mol. The molecule has 0 atom stereocenters. The molecule has 5 nitrogen and oxygen atoms in total. The second-order valence-corrected chi connectivity index (χ2v) is 7.09. The van der Waals surface area contributed by atoms with Gasteiger partial charge in [-0.25, -0.2) is 9.18 Å². The average Bonchev–Trinajstić information content (AvgIpc) is 3.12. The van der Waals surface area contributed by atoms with Gasteiger partial charge in [-0.05, 0) is 34.9 Å². The van der Waals surface area contributed by atoms with E-state index in [0.717, 1.165) is 16.7 Å². The van der Waals surface area contributed by atoms with Crippen LogP contribution in [0.3, 0.4) is 0 Å². The first-order valence-electron chi connectivity index (χ1n) is 9.53. The Balaban J connectivity index is 1.70. The lowest BCUT2D eigenvalue weighted by Crippen LogP contribution is -2.09. The zero-order valence-corrected chi connectivity index (χ0v) is 16.3. The molecule has 0 unspecified atom stereocenters. The van der Waals surface area contributed by atoms with Gasteiger partial charge in [0, 0.05) is 35.3 Å². The first-order chi connectivity index (χ1) is 14.9. The Labute approximate surface area is 177 Å². The quantitative estimate of drug-likeness (QED) is 0.262. The Hall–Kier alpha value is -4.19. The van der Waals surface area contributed by atoms with Crippen LogP contribution in [-0.4, -0.2) is 26.5 Å². The van der Waals surface area contributed by atoms with E-state index in [-0.39, 0.29) is 5.56 Å². The lowest BCUT2D eigenvalue weighted by atomic mass is 10.0. The number of aliphatic carboxylic acids is 1. The smallest absolute Gasteiger partial charge is 0.376 e. The average molecular weight is 415 g/mol. The fourth-order valence-corrected chi connectivity index (χ4v) is 3.50. The van der Waals surface area contributed by atoms with Gasteiger partial charge in [-0.3, -0.25) is 4.79 Å². The summed E-state index contributed by atoms with van der Waals surface area (Å²) in [4.78, 5) is 22.2. The van der Waals surface area contributed by atoms with Crippen molar-refractivity contribution in [2.75, 3.05) is 0 Å². The maximum atomic E-state index is 13.8. The van der Waals surface area contributed by atoms with Gasteiger partial charge in [0.25, 0.3) is 5.78 Å². The maximum Gasteiger partial charge on any atom is 0.376 e. The van der Waals surface area contributed by atoms with Gasteiger partial charge in [-0.2, -0.15) is 0 Å². The van der Waals surface area contributed by atoms with Crippen molar-refractivity contribution in [2.24, 2.45) is 0 Å². The first kappa shape index (κ1) is 20.1. The second-order valence-electron chi connectivity index (χ2n) is 7.09. The summed E-state index contributed by atoms with van der Waals surface area (Å²) < 4.78 is 15.7. The molecule has 0 aliphatic carbocycles. The fraction of sp³-hybridized carbons (Fsp3) is 0.0400. The van der Waals surface area contributed by atoms with E-state index in [1.807, 2.05) is 59.2 Å². The van der Waals surface area contributed by atoms with Crippen LogP contribution in [0.4, 0.5) is 4.39 Å². The molecule has 0 saturated carbocycles. The molecule has 0 spiro atoms. The van der Waals surface area contributed by atoms with Crippen LogP contribution in [0.2, 0.25) is 0 Å². The summed E-state index contributed by atoms with van der Waals surface area (Å²) in [6.45, 7) is 0.442. The molecular weight excluding hydrogens is 397 g/mol. The largest absolute Gasteiger partial charge is 0.507 e. The van der Waals surface area contributed by atoms with E-state index >= 15 is 0 Å². The Bertz CT molecular complexity index is 1300. The van der Waals surface area contributed by atoms with E-state index in [0.29, 0.717) is 23.5 Å². The number of carbonyl (C=O) groups excluding carboxylic acids is 1. The third-order valence-electron chi connectivity index (χ3n) is 5.01. The van der Waals surface area contributed by atoms with Gasteiger partial charge >= 0.3 is 5.97 Å². The maximum absolute atomic E-state index is 13.8. The van der Waals surface area contributed by atoms with Gasteiger partial charge in [0.15, 0.2) is 0 Å². The van der Waals surface area contributed by atoms with Crippen molar-refractivity contribution in [2.45, 2.75) is 6.54 Å². The van der Waals surface area contributed by atoms with E-state index in [9.17, 15) is 19.1 Å². The van der Waals surface area contributed by atoms with Crippen LogP contribution in [0.25, 0.3) is 27.8 Å². The Morgan fingerprint density at radius 2 is 1.58 bits per heavy atom. The predicted octanol–water partition coefficient (Wildman–Crippen LogP) is 5.05. The third-order valence-corrected chi connectivity index (χ3v) is 5.01. The summed E-state index contributed by atoms with van der Waals surface area (Å²) in [5.74, 6) is -3.97. The van der Waals surface area contributed by atoms with Gasteiger partial charge < -0.3 is 14.8 Å². The highest BCUT2D eigenvalue weighted by Gasteiger charge is 2.16. The molecule has 0 aliphatic rings. The number of carboxylic acid groups (broad SMARTS) is 1. The molecule has 0 fully saturated rings. The number of fused-ring (bicyclic) bond motifs is 1. The molecule has 1 heterocycles. The SMILES string of the molecule is O=C(O)C(=O)/C=C(/O)c1cn(Cc2ccc(-c3ccccc3)cc2)c2ccc(F)cc12. The molecular formula is C25H18FNO4. The molecule has 0 saturated heterocycles. The normalized spacial score (nSPS) is 11.6. The lowest BCUT2D eigenvalue weighted by molar-refractivity contribution is -0.146. The third kappa shape index (κ3) is 4.23. The number of nitrogens with zero attached hydrogens (tertiary/aromatic N) is 1. The molecule has 0 radical (unpaired) electrons. The number of carbonyl (C=O) groups is 2. The summed E-state index contributed by atoms with van der Waals surface area (Å²) >= 11 is 0. The number of halogens is 1. The standard InChI is InChI=1S/C25H18FNO4/c26-19-10-11-22-20(12-19)21(23(28)13-24(29)25(30)31)15-27(22)14-16-6-8-18(9-7-16)17-4-2-1-3-5-17/h1-13,15,28H,14H2,(H,30,31)/b23-13+. The van der Waals surface area contributed by atoms with Crippen molar-refractivity contribution < 1.29 is 24.2 Å². The molecule has 4 rings (SSSR count). The van der Waals surface area contributed by atoms with Gasteiger partial charge in [0.05, 0.1) is 0 Å². The number of carboxylic acids is 1. The van der Waals surface area contributed by atoms with E-state index < -0.39 is 23.3 Å². The Kier molecular flexibility index (Phi) is 5.37. The minimum Gasteiger partial charge on any atom is -0.507 e. The fourth-order valence-electron chi connectivity index (χ4n) is 3.50. The van der Waals surface area contributed by atoms with E-state index in [1.54, 1.807) is 12.3 Å². The van der Waals surface area contributed by atoms with E-state index in [4.69, 9.17) is 5.11 Å². The number of hydrogen-bond acceptors (Lipinski definition) is 3. The van der Waals surface area contributed by atoms with E-state index in [2.05, 4.69) is 0 Å². The van der Waals surface area contributed by atoms with Crippen molar-refractivity contribution in [3.8, 4) is 11.1 Å². The van der Waals surface area contributed by atoms with Crippen molar-refractivity contribution in [1.29, 1.82) is 0 Å². The summed E-state index contributed by atoms with van der Waals surface area (Å²) in [5.41, 5.74) is 4.00. The number of aliphatic hydroxyl groups excluding tert-OH is 1. The molecule has 31 heavy (non-hydrogen) atoms. The number of aromatic nitrogens is 1. The lowest BCUT2D eigenvalue weighted by Gasteiger charge is -2.07. The molecule has 3 aromatic carbocycles. The van der Waals surface area contributed by atoms with Crippen LogP contribution >= 0.6 is 0 Å². The number of benzene rings is 3. The van der Waals surface area contributed by atoms with E-state index in [1.165, 1.54) is 12.1 Å². The molecule has 6 heteroatoms. The number of hydrogen-bond donors (Lipinski definition) is 2. The molecule has 1 aromatic heterocycles. The van der Waals surface area contributed by atoms with Crippen LogP contribution in [-0.2, 0) is 16.1 Å². The summed E-state index contributed by atoms with van der Waals surface area (Å²) in [6, 6.07) is 22.1. The van der Waals surface area contributed by atoms with Crippen LogP contribution in [0.15, 0.2) is 85.1 Å². The van der Waals surface area contributed by atoms with Gasteiger partial charge in [-0.15, -0.1) is 0 Å². The Morgan fingerprint density at radius 1 is 0.903 bits per heavy atom. The van der Waals surface area contributed by atoms with Crippen molar-refractivity contribution in [1.82, 2.24) is 4.57 Å². The number of ketones is 1. The van der Waals surface area contributed by atoms with Crippen molar-refractivity contribution in [3.05, 3.63) is 102 Å².